The van der Waals surface area contributed by atoms with Crippen LogP contribution < -0.4 is 13.1 Å². The fraction of sp³-hybridized carbons (Fsp3) is 0.0976. The van der Waals surface area contributed by atoms with Gasteiger partial charge < -0.3 is 0 Å². The number of ether oxygens (including phenoxy) is 1. The van der Waals surface area contributed by atoms with Crippen molar-refractivity contribution in [1.29, 1.82) is 0 Å². The quantitative estimate of drug-likeness (QED) is 0.0414. The van der Waals surface area contributed by atoms with E-state index in [1.165, 1.54) is 68.8 Å². The average Bonchev–Trinajstić information content (AvgIpc) is 3.69. The zero-order chi connectivity index (χ0) is 33.3. The molecular weight excluding hydrogens is 840 g/mol. The van der Waals surface area contributed by atoms with Gasteiger partial charge in [0.15, 0.2) is 0 Å². The molecule has 0 spiro atoms. The number of benzene rings is 6. The van der Waals surface area contributed by atoms with Crippen LogP contribution in [0.1, 0.15) is 10.1 Å². The Labute approximate surface area is 302 Å². The number of carboxylic acid groups (broad SMARTS) is 1. The second kappa shape index (κ2) is 13.8. The van der Waals surface area contributed by atoms with Gasteiger partial charge in [0.1, 0.15) is 0 Å². The average molecular weight is 871 g/mol. The molecule has 240 valence electrons. The molecule has 1 N–H and O–H groups in total. The molecule has 0 saturated carbocycles. The molecule has 0 saturated heterocycles. The normalized spacial score (nSPS) is 14.0. The molecule has 1 aromatic heterocycles. The zero-order valence-electron chi connectivity index (χ0n) is 26.4. The molecule has 49 heavy (non-hydrogen) atoms. The summed E-state index contributed by atoms with van der Waals surface area (Å²) in [6, 6.07) is 34.3. The Kier molecular flexibility index (Phi) is 8.98. The van der Waals surface area contributed by atoms with Crippen LogP contribution in [0, 0.1) is 0 Å². The van der Waals surface area contributed by atoms with Gasteiger partial charge in [-0.3, -0.25) is 0 Å². The maximum absolute atomic E-state index is 11.7. The van der Waals surface area contributed by atoms with Gasteiger partial charge in [0, 0.05) is 0 Å². The van der Waals surface area contributed by atoms with E-state index >= 15 is 0 Å². The van der Waals surface area contributed by atoms with E-state index in [4.69, 9.17) is 4.74 Å². The molecule has 0 fully saturated rings. The van der Waals surface area contributed by atoms with Crippen molar-refractivity contribution in [2.75, 3.05) is 18.1 Å². The fourth-order valence-electron chi connectivity index (χ4n) is 6.89. The third-order valence-corrected chi connectivity index (χ3v) is 15.7. The van der Waals surface area contributed by atoms with E-state index in [0.717, 1.165) is 0 Å². The van der Waals surface area contributed by atoms with Crippen LogP contribution in [0.4, 0.5) is 5.69 Å². The zero-order valence-corrected chi connectivity index (χ0v) is 31.1. The van der Waals surface area contributed by atoms with Crippen LogP contribution in [0.15, 0.2) is 125 Å². The van der Waals surface area contributed by atoms with Gasteiger partial charge in [0.05, 0.1) is 0 Å². The molecule has 6 aromatic carbocycles. The number of aliphatic carboxylic acids is 1. The molecule has 0 unspecified atom stereocenters. The second-order valence-corrected chi connectivity index (χ2v) is 17.6. The van der Waals surface area contributed by atoms with Crippen molar-refractivity contribution in [3.63, 3.8) is 0 Å². The van der Waals surface area contributed by atoms with Crippen LogP contribution in [0.5, 0.6) is 0 Å². The molecule has 0 bridgehead atoms. The number of carbonyl (C=O) groups excluding carboxylic acids is 1. The van der Waals surface area contributed by atoms with Crippen molar-refractivity contribution in [3.05, 3.63) is 129 Å². The summed E-state index contributed by atoms with van der Waals surface area (Å²) in [4.78, 5) is 25.1. The van der Waals surface area contributed by atoms with E-state index in [1.807, 2.05) is 0 Å². The van der Waals surface area contributed by atoms with Gasteiger partial charge in [-0.15, -0.1) is 0 Å². The summed E-state index contributed by atoms with van der Waals surface area (Å²) in [5, 5.41) is 19.6. The maximum atomic E-state index is 11.7. The van der Waals surface area contributed by atoms with Crippen LogP contribution in [-0.2, 0) is 20.9 Å². The van der Waals surface area contributed by atoms with Crippen molar-refractivity contribution in [1.82, 2.24) is 0 Å². The Balaban J connectivity index is 1.18. The number of carbonyl (C=O) groups is 2. The summed E-state index contributed by atoms with van der Waals surface area (Å²) in [6.45, 7) is 1.87. The minimum atomic E-state index is -0.792. The molecule has 2 heterocycles. The van der Waals surface area contributed by atoms with Crippen molar-refractivity contribution >= 4 is 121 Å². The van der Waals surface area contributed by atoms with Gasteiger partial charge in [-0.05, 0) is 0 Å². The number of anilines is 1. The number of rotatable bonds is 10. The number of carboxylic acids is 1. The van der Waals surface area contributed by atoms with Crippen LogP contribution >= 0.6 is 0 Å². The van der Waals surface area contributed by atoms with Crippen molar-refractivity contribution in [3.8, 4) is 0 Å². The number of allylic oxidation sites excluding steroid dienone is 4. The molecule has 1 aliphatic rings. The molecule has 1 aliphatic heterocycles. The predicted molar refractivity (Wildman–Crippen MR) is 201 cm³/mol. The number of nitrogens with zero attached hydrogens (tertiary/aromatic N) is 2. The molecule has 0 radical (unpaired) electrons. The topological polar surface area (TPSA) is 70.7 Å². The monoisotopic (exact) mass is 875 g/mol. The molecule has 8 rings (SSSR count). The Bertz CT molecular complexity index is 2530. The summed E-state index contributed by atoms with van der Waals surface area (Å²) in [5.74, 6) is -0.792. The van der Waals surface area contributed by atoms with Gasteiger partial charge >= 0.3 is 305 Å². The van der Waals surface area contributed by atoms with E-state index < -0.39 is 47.3 Å². The van der Waals surface area contributed by atoms with Crippen molar-refractivity contribution in [2.45, 2.75) is 13.0 Å². The standard InChI is InChI=1S/C41H30N2O4Te2/c44-26-47-25-24-43-36(49-41-34-19-11-7-15-30(34)28-13-5-9-17-32(28)39(41)43)21-3-1-2-20-35-42(23-22-37(45)46)38-31-16-8-4-12-27(31)29-14-6-10-18-33(29)40(38)48-35/h1-21,26H,22-25H2/p+1. The molecule has 8 heteroatoms. The Morgan fingerprint density at radius 1 is 0.755 bits per heavy atom. The number of hydrogen-bond donors (Lipinski definition) is 1. The third-order valence-electron chi connectivity index (χ3n) is 8.95. The Morgan fingerprint density at radius 3 is 2.04 bits per heavy atom. The second-order valence-electron chi connectivity index (χ2n) is 11.7. The summed E-state index contributed by atoms with van der Waals surface area (Å²) in [6.07, 6.45) is 10.7. The summed E-state index contributed by atoms with van der Waals surface area (Å²) >= 11 is -1.50. The molecule has 0 atom stereocenters. The van der Waals surface area contributed by atoms with Gasteiger partial charge in [-0.25, -0.2) is 0 Å². The molecule has 0 amide bonds. The third kappa shape index (κ3) is 5.84. The summed E-state index contributed by atoms with van der Waals surface area (Å²) < 4.78 is 12.7. The summed E-state index contributed by atoms with van der Waals surface area (Å²) in [7, 11) is 0. The first kappa shape index (κ1) is 31.8. The Hall–Kier alpha value is -4.43. The van der Waals surface area contributed by atoms with E-state index in [0.29, 0.717) is 26.2 Å². The minimum absolute atomic E-state index is 0.0742. The SMILES string of the molecule is O=COCCN1\C(=C/C=C/C=C/c2[te]c3c4ccccc4c4ccccc4c3[n+]2CCC(=O)O)[Te]c2c1c1ccccc1c1ccccc21. The van der Waals surface area contributed by atoms with Crippen LogP contribution in [-0.4, -0.2) is 72.1 Å². The molecule has 0 aliphatic carbocycles. The predicted octanol–water partition coefficient (Wildman–Crippen LogP) is 6.71. The van der Waals surface area contributed by atoms with Crippen molar-refractivity contribution in [2.24, 2.45) is 0 Å². The van der Waals surface area contributed by atoms with Crippen molar-refractivity contribution < 1.29 is 24.0 Å². The van der Waals surface area contributed by atoms with Gasteiger partial charge in [0.25, 0.3) is 0 Å². The van der Waals surface area contributed by atoms with Crippen LogP contribution in [0.25, 0.3) is 58.1 Å². The first-order chi connectivity index (χ1) is 24.1. The van der Waals surface area contributed by atoms with Gasteiger partial charge in [0.2, 0.25) is 0 Å². The van der Waals surface area contributed by atoms with E-state index in [9.17, 15) is 14.7 Å². The van der Waals surface area contributed by atoms with Gasteiger partial charge in [-0.1, -0.05) is 0 Å². The molecular formula is C41H31N2O4Te2+. The number of hydrogen-bond acceptors (Lipinski definition) is 4. The number of aromatic nitrogens is 1. The molecule has 7 aromatic rings. The first-order valence-electron chi connectivity index (χ1n) is 16.1. The summed E-state index contributed by atoms with van der Waals surface area (Å²) in [5.41, 5.74) is 2.41. The van der Waals surface area contributed by atoms with E-state index in [-0.39, 0.29) is 6.42 Å². The van der Waals surface area contributed by atoms with E-state index in [2.05, 4.69) is 137 Å². The van der Waals surface area contributed by atoms with Crippen LogP contribution in [0.2, 0.25) is 0 Å². The molecule has 6 nitrogen and oxygen atoms in total. The first-order valence-corrected chi connectivity index (χ1v) is 20.8. The van der Waals surface area contributed by atoms with E-state index in [1.54, 1.807) is 0 Å². The van der Waals surface area contributed by atoms with Gasteiger partial charge in [-0.2, -0.15) is 0 Å². The Morgan fingerprint density at radius 2 is 1.35 bits per heavy atom. The van der Waals surface area contributed by atoms with Crippen LogP contribution in [0.3, 0.4) is 0 Å². The number of fused-ring (bicyclic) bond motifs is 12. The number of aryl methyl sites for hydroxylation is 1. The fourth-order valence-corrected chi connectivity index (χ4v) is 14.0.